The smallest absolute Gasteiger partial charge is 0.0246 e. The summed E-state index contributed by atoms with van der Waals surface area (Å²) >= 11 is 0. The van der Waals surface area contributed by atoms with Gasteiger partial charge in [0.15, 0.2) is 0 Å². The van der Waals surface area contributed by atoms with E-state index in [9.17, 15) is 0 Å². The fourth-order valence-corrected chi connectivity index (χ4v) is 1.47. The van der Waals surface area contributed by atoms with Crippen LogP contribution in [-0.2, 0) is 0 Å². The van der Waals surface area contributed by atoms with Gasteiger partial charge in [-0.1, -0.05) is 59.8 Å². The van der Waals surface area contributed by atoms with Gasteiger partial charge in [0.05, 0.1) is 0 Å². The van der Waals surface area contributed by atoms with Gasteiger partial charge in [-0.2, -0.15) is 0 Å². The highest BCUT2D eigenvalue weighted by Gasteiger charge is 2.09. The minimum Gasteiger partial charge on any atom is -0.0654 e. The van der Waals surface area contributed by atoms with Gasteiger partial charge in [0, 0.05) is 0 Å². The molecule has 0 amide bonds. The molecule has 0 aromatic heterocycles. The van der Waals surface area contributed by atoms with Crippen molar-refractivity contribution in [2.45, 2.75) is 66.2 Å². The van der Waals surface area contributed by atoms with Crippen molar-refractivity contribution in [3.63, 3.8) is 0 Å². The van der Waals surface area contributed by atoms with Gasteiger partial charge in [0.2, 0.25) is 0 Å². The van der Waals surface area contributed by atoms with Crippen LogP contribution in [0.25, 0.3) is 0 Å². The van der Waals surface area contributed by atoms with Crippen LogP contribution in [0.1, 0.15) is 66.2 Å². The Morgan fingerprint density at radius 2 is 1.75 bits per heavy atom. The summed E-state index contributed by atoms with van der Waals surface area (Å²) in [5, 5.41) is 0. The summed E-state index contributed by atoms with van der Waals surface area (Å²) < 4.78 is 0. The van der Waals surface area contributed by atoms with Gasteiger partial charge in [-0.15, -0.1) is 0 Å². The molecule has 0 bridgehead atoms. The highest BCUT2D eigenvalue weighted by atomic mass is 14.1. The Hall–Kier alpha value is 0. The largest absolute Gasteiger partial charge is 0.0654 e. The first-order valence-corrected chi connectivity index (χ1v) is 5.54. The Balaban J connectivity index is 3.24. The summed E-state index contributed by atoms with van der Waals surface area (Å²) in [5.41, 5.74) is 0. The van der Waals surface area contributed by atoms with Crippen LogP contribution >= 0.6 is 0 Å². The molecular formula is C12H25. The van der Waals surface area contributed by atoms with Crippen LogP contribution in [0.15, 0.2) is 0 Å². The quantitative estimate of drug-likeness (QED) is 0.489. The van der Waals surface area contributed by atoms with Crippen molar-refractivity contribution in [3.05, 3.63) is 5.92 Å². The van der Waals surface area contributed by atoms with E-state index in [1.165, 1.54) is 38.5 Å². The van der Waals surface area contributed by atoms with Crippen LogP contribution in [0.3, 0.4) is 0 Å². The molecule has 0 aromatic rings. The monoisotopic (exact) mass is 169 g/mol. The average molecular weight is 169 g/mol. The van der Waals surface area contributed by atoms with Crippen molar-refractivity contribution in [1.29, 1.82) is 0 Å². The zero-order valence-corrected chi connectivity index (χ0v) is 9.32. The predicted octanol–water partition coefficient (Wildman–Crippen LogP) is 4.60. The first-order chi connectivity index (χ1) is 5.72. The molecule has 1 unspecified atom stereocenters. The summed E-state index contributed by atoms with van der Waals surface area (Å²) in [6, 6.07) is 0. The molecular weight excluding hydrogens is 144 g/mol. The SMILES string of the molecule is CCCCCCC(C)[C](C)CC. The molecule has 0 fully saturated rings. The van der Waals surface area contributed by atoms with Crippen molar-refractivity contribution in [2.24, 2.45) is 5.92 Å². The fraction of sp³-hybridized carbons (Fsp3) is 0.917. The third kappa shape index (κ3) is 5.62. The summed E-state index contributed by atoms with van der Waals surface area (Å²) in [5.74, 6) is 2.53. The number of rotatable bonds is 7. The van der Waals surface area contributed by atoms with E-state index < -0.39 is 0 Å². The van der Waals surface area contributed by atoms with E-state index in [2.05, 4.69) is 27.7 Å². The van der Waals surface area contributed by atoms with Gasteiger partial charge >= 0.3 is 0 Å². The minimum atomic E-state index is 0.854. The molecule has 0 aliphatic heterocycles. The van der Waals surface area contributed by atoms with Crippen molar-refractivity contribution < 1.29 is 0 Å². The normalized spacial score (nSPS) is 13.8. The molecule has 0 saturated heterocycles. The van der Waals surface area contributed by atoms with Gasteiger partial charge in [-0.05, 0) is 18.3 Å². The third-order valence-corrected chi connectivity index (χ3v) is 2.89. The first-order valence-electron chi connectivity index (χ1n) is 5.54. The highest BCUT2D eigenvalue weighted by molar-refractivity contribution is 4.87. The molecule has 12 heavy (non-hydrogen) atoms. The number of unbranched alkanes of at least 4 members (excludes halogenated alkanes) is 3. The Bertz CT molecular complexity index is 86.0. The summed E-state index contributed by atoms with van der Waals surface area (Å²) in [6.45, 7) is 9.19. The van der Waals surface area contributed by atoms with Crippen molar-refractivity contribution in [2.75, 3.05) is 0 Å². The van der Waals surface area contributed by atoms with E-state index >= 15 is 0 Å². The van der Waals surface area contributed by atoms with Crippen LogP contribution in [0.5, 0.6) is 0 Å². The second-order valence-corrected chi connectivity index (χ2v) is 3.95. The Labute approximate surface area is 78.8 Å². The molecule has 0 saturated carbocycles. The maximum atomic E-state index is 2.37. The number of hydrogen-bond donors (Lipinski definition) is 0. The molecule has 1 atom stereocenters. The predicted molar refractivity (Wildman–Crippen MR) is 57.1 cm³/mol. The van der Waals surface area contributed by atoms with Gasteiger partial charge in [-0.25, -0.2) is 0 Å². The van der Waals surface area contributed by atoms with Crippen molar-refractivity contribution in [1.82, 2.24) is 0 Å². The number of hydrogen-bond acceptors (Lipinski definition) is 0. The van der Waals surface area contributed by atoms with Crippen molar-refractivity contribution in [3.8, 4) is 0 Å². The third-order valence-electron chi connectivity index (χ3n) is 2.89. The van der Waals surface area contributed by atoms with Gasteiger partial charge in [0.1, 0.15) is 0 Å². The van der Waals surface area contributed by atoms with E-state index in [1.54, 1.807) is 5.92 Å². The van der Waals surface area contributed by atoms with Crippen molar-refractivity contribution >= 4 is 0 Å². The summed E-state index contributed by atoms with van der Waals surface area (Å²) in [7, 11) is 0. The Kier molecular flexibility index (Phi) is 7.64. The lowest BCUT2D eigenvalue weighted by atomic mass is 9.89. The molecule has 0 rings (SSSR count). The second kappa shape index (κ2) is 7.64. The molecule has 0 nitrogen and oxygen atoms in total. The Morgan fingerprint density at radius 3 is 2.25 bits per heavy atom. The molecule has 73 valence electrons. The summed E-state index contributed by atoms with van der Waals surface area (Å²) in [6.07, 6.45) is 8.28. The second-order valence-electron chi connectivity index (χ2n) is 3.95. The Morgan fingerprint density at radius 1 is 1.08 bits per heavy atom. The first kappa shape index (κ1) is 12.0. The van der Waals surface area contributed by atoms with Crippen LogP contribution in [0.4, 0.5) is 0 Å². The van der Waals surface area contributed by atoms with E-state index in [-0.39, 0.29) is 0 Å². The molecule has 0 spiro atoms. The highest BCUT2D eigenvalue weighted by Crippen LogP contribution is 2.22. The van der Waals surface area contributed by atoms with Gasteiger partial charge in [-0.3, -0.25) is 0 Å². The lowest BCUT2D eigenvalue weighted by Crippen LogP contribution is -2.04. The zero-order chi connectivity index (χ0) is 9.40. The van der Waals surface area contributed by atoms with E-state index in [1.807, 2.05) is 0 Å². The van der Waals surface area contributed by atoms with Gasteiger partial charge < -0.3 is 0 Å². The van der Waals surface area contributed by atoms with Crippen LogP contribution in [0, 0.1) is 11.8 Å². The van der Waals surface area contributed by atoms with Crippen LogP contribution < -0.4 is 0 Å². The lowest BCUT2D eigenvalue weighted by molar-refractivity contribution is 0.487. The molecule has 0 N–H and O–H groups in total. The van der Waals surface area contributed by atoms with Crippen LogP contribution in [0.2, 0.25) is 0 Å². The maximum Gasteiger partial charge on any atom is -0.0246 e. The molecule has 1 radical (unpaired) electrons. The van der Waals surface area contributed by atoms with E-state index in [4.69, 9.17) is 0 Å². The molecule has 0 aliphatic rings. The van der Waals surface area contributed by atoms with Crippen LogP contribution in [-0.4, -0.2) is 0 Å². The standard InChI is InChI=1S/C12H25/c1-5-7-8-9-10-12(4)11(3)6-2/h12H,5-10H2,1-4H3. The van der Waals surface area contributed by atoms with E-state index in [0.29, 0.717) is 0 Å². The molecule has 0 aliphatic carbocycles. The minimum absolute atomic E-state index is 0.854. The fourth-order valence-electron chi connectivity index (χ4n) is 1.47. The topological polar surface area (TPSA) is 0 Å². The lowest BCUT2D eigenvalue weighted by Gasteiger charge is -2.17. The zero-order valence-electron chi connectivity index (χ0n) is 9.32. The van der Waals surface area contributed by atoms with Gasteiger partial charge in [0.25, 0.3) is 0 Å². The molecule has 0 heteroatoms. The summed E-state index contributed by atoms with van der Waals surface area (Å²) in [4.78, 5) is 0. The average Bonchev–Trinajstić information content (AvgIpc) is 2.10. The maximum absolute atomic E-state index is 2.37. The molecule has 0 heterocycles. The van der Waals surface area contributed by atoms with E-state index in [0.717, 1.165) is 5.92 Å². The molecule has 0 aromatic carbocycles.